The number of amides is 1. The first-order valence-corrected chi connectivity index (χ1v) is 7.70. The number of hydrogen-bond donors (Lipinski definition) is 2. The summed E-state index contributed by atoms with van der Waals surface area (Å²) in [4.78, 5) is 14.2. The highest BCUT2D eigenvalue weighted by Gasteiger charge is 2.22. The molecule has 1 fully saturated rings. The third-order valence-corrected chi connectivity index (χ3v) is 4.23. The Kier molecular flexibility index (Phi) is 4.41. The number of ether oxygens (including phenoxy) is 1. The lowest BCUT2D eigenvalue weighted by molar-refractivity contribution is -0.137. The monoisotopic (exact) mass is 289 g/mol. The van der Waals surface area contributed by atoms with Crippen LogP contribution in [0.2, 0.25) is 0 Å². The number of benzene rings is 1. The molecule has 3 rings (SSSR count). The van der Waals surface area contributed by atoms with Gasteiger partial charge in [-0.3, -0.25) is 4.79 Å². The molecular weight excluding hydrogens is 266 g/mol. The molecular formula is C16H23N3O2. The predicted octanol–water partition coefficient (Wildman–Crippen LogP) is 0.992. The molecule has 5 heteroatoms. The van der Waals surface area contributed by atoms with Crippen LogP contribution >= 0.6 is 0 Å². The zero-order chi connectivity index (χ0) is 14.7. The normalized spacial score (nSPS) is 19.0. The van der Waals surface area contributed by atoms with Crippen molar-refractivity contribution in [3.63, 3.8) is 0 Å². The van der Waals surface area contributed by atoms with Gasteiger partial charge in [-0.25, -0.2) is 0 Å². The van der Waals surface area contributed by atoms with Crippen molar-refractivity contribution in [1.82, 2.24) is 10.2 Å². The van der Waals surface area contributed by atoms with Gasteiger partial charge in [-0.05, 0) is 24.5 Å². The van der Waals surface area contributed by atoms with Gasteiger partial charge in [0, 0.05) is 31.9 Å². The molecule has 1 aromatic rings. The number of hydrogen-bond acceptors (Lipinski definition) is 4. The second kappa shape index (κ2) is 6.45. The molecule has 0 bridgehead atoms. The maximum Gasteiger partial charge on any atom is 0.239 e. The third-order valence-electron chi connectivity index (χ3n) is 4.23. The molecule has 1 amide bonds. The number of fused-ring (bicyclic) bond motifs is 1. The fourth-order valence-electron chi connectivity index (χ4n) is 2.97. The average molecular weight is 289 g/mol. The van der Waals surface area contributed by atoms with E-state index in [-0.39, 0.29) is 11.9 Å². The standard InChI is InChI=1S/C16H23N3O2/c1-12(16(20)19-7-9-21-10-8-19)18-11-14-4-2-3-13-5-6-17-15(13)14/h2-4,12,17-18H,5-11H2,1H3. The van der Waals surface area contributed by atoms with Crippen LogP contribution in [0.5, 0.6) is 0 Å². The molecule has 1 unspecified atom stereocenters. The third kappa shape index (κ3) is 3.19. The molecule has 1 saturated heterocycles. The summed E-state index contributed by atoms with van der Waals surface area (Å²) >= 11 is 0. The molecule has 21 heavy (non-hydrogen) atoms. The molecule has 1 aromatic carbocycles. The van der Waals surface area contributed by atoms with Gasteiger partial charge in [-0.1, -0.05) is 18.2 Å². The molecule has 2 aliphatic rings. The Labute approximate surface area is 125 Å². The van der Waals surface area contributed by atoms with E-state index in [1.165, 1.54) is 16.8 Å². The fraction of sp³-hybridized carbons (Fsp3) is 0.562. The van der Waals surface area contributed by atoms with Gasteiger partial charge in [0.1, 0.15) is 0 Å². The van der Waals surface area contributed by atoms with Crippen LogP contribution in [0, 0.1) is 0 Å². The first-order chi connectivity index (χ1) is 10.3. The molecule has 5 nitrogen and oxygen atoms in total. The summed E-state index contributed by atoms with van der Waals surface area (Å²) in [5, 5.41) is 6.79. The van der Waals surface area contributed by atoms with Gasteiger partial charge in [0.15, 0.2) is 0 Å². The maximum atomic E-state index is 12.3. The van der Waals surface area contributed by atoms with Crippen LogP contribution in [0.3, 0.4) is 0 Å². The first-order valence-electron chi connectivity index (χ1n) is 7.70. The van der Waals surface area contributed by atoms with E-state index in [9.17, 15) is 4.79 Å². The van der Waals surface area contributed by atoms with Crippen LogP contribution in [0.15, 0.2) is 18.2 Å². The van der Waals surface area contributed by atoms with E-state index in [4.69, 9.17) is 4.74 Å². The Morgan fingerprint density at radius 1 is 1.43 bits per heavy atom. The topological polar surface area (TPSA) is 53.6 Å². The Hall–Kier alpha value is -1.59. The van der Waals surface area contributed by atoms with Crippen molar-refractivity contribution in [3.8, 4) is 0 Å². The maximum absolute atomic E-state index is 12.3. The summed E-state index contributed by atoms with van der Waals surface area (Å²) in [5.41, 5.74) is 3.86. The highest BCUT2D eigenvalue weighted by atomic mass is 16.5. The van der Waals surface area contributed by atoms with Gasteiger partial charge in [-0.15, -0.1) is 0 Å². The second-order valence-corrected chi connectivity index (χ2v) is 5.67. The molecule has 0 aromatic heterocycles. The minimum absolute atomic E-state index is 0.166. The van der Waals surface area contributed by atoms with E-state index in [2.05, 4.69) is 28.8 Å². The number of carbonyl (C=O) groups is 1. The van der Waals surface area contributed by atoms with Crippen molar-refractivity contribution >= 4 is 11.6 Å². The molecule has 2 heterocycles. The van der Waals surface area contributed by atoms with Crippen molar-refractivity contribution in [2.75, 3.05) is 38.2 Å². The first kappa shape index (κ1) is 14.4. The van der Waals surface area contributed by atoms with Crippen molar-refractivity contribution in [1.29, 1.82) is 0 Å². The average Bonchev–Trinajstić information content (AvgIpc) is 3.02. The van der Waals surface area contributed by atoms with Crippen molar-refractivity contribution < 1.29 is 9.53 Å². The second-order valence-electron chi connectivity index (χ2n) is 5.67. The molecule has 0 saturated carbocycles. The van der Waals surface area contributed by atoms with E-state index in [1.54, 1.807) is 0 Å². The number of carbonyl (C=O) groups excluding carboxylic acids is 1. The largest absolute Gasteiger partial charge is 0.384 e. The number of anilines is 1. The van der Waals surface area contributed by atoms with Crippen LogP contribution in [-0.2, 0) is 22.5 Å². The van der Waals surface area contributed by atoms with Crippen LogP contribution in [0.25, 0.3) is 0 Å². The number of rotatable bonds is 4. The van der Waals surface area contributed by atoms with Gasteiger partial charge in [0.25, 0.3) is 0 Å². The van der Waals surface area contributed by atoms with Crippen molar-refractivity contribution in [2.45, 2.75) is 25.9 Å². The van der Waals surface area contributed by atoms with Crippen molar-refractivity contribution in [2.24, 2.45) is 0 Å². The Bertz CT molecular complexity index is 512. The molecule has 114 valence electrons. The van der Waals surface area contributed by atoms with Crippen molar-refractivity contribution in [3.05, 3.63) is 29.3 Å². The summed E-state index contributed by atoms with van der Waals surface area (Å²) in [6.45, 7) is 6.36. The van der Waals surface area contributed by atoms with Gasteiger partial charge in [-0.2, -0.15) is 0 Å². The Balaban J connectivity index is 1.57. The molecule has 2 aliphatic heterocycles. The lowest BCUT2D eigenvalue weighted by Crippen LogP contribution is -2.49. The van der Waals surface area contributed by atoms with Crippen LogP contribution in [-0.4, -0.2) is 49.7 Å². The number of morpholine rings is 1. The fourth-order valence-corrected chi connectivity index (χ4v) is 2.97. The predicted molar refractivity (Wildman–Crippen MR) is 82.3 cm³/mol. The quantitative estimate of drug-likeness (QED) is 0.868. The van der Waals surface area contributed by atoms with Crippen LogP contribution in [0.4, 0.5) is 5.69 Å². The van der Waals surface area contributed by atoms with E-state index in [0.29, 0.717) is 32.8 Å². The van der Waals surface area contributed by atoms with E-state index in [0.717, 1.165) is 13.0 Å². The number of nitrogens with zero attached hydrogens (tertiary/aromatic N) is 1. The number of nitrogens with one attached hydrogen (secondary N) is 2. The lowest BCUT2D eigenvalue weighted by Gasteiger charge is -2.29. The minimum Gasteiger partial charge on any atom is -0.384 e. The van der Waals surface area contributed by atoms with E-state index in [1.807, 2.05) is 11.8 Å². The summed E-state index contributed by atoms with van der Waals surface area (Å²) in [7, 11) is 0. The summed E-state index contributed by atoms with van der Waals surface area (Å²) < 4.78 is 5.29. The lowest BCUT2D eigenvalue weighted by atomic mass is 10.1. The summed E-state index contributed by atoms with van der Waals surface area (Å²) in [5.74, 6) is 0.166. The molecule has 2 N–H and O–H groups in total. The Morgan fingerprint density at radius 2 is 2.24 bits per heavy atom. The summed E-state index contributed by atoms with van der Waals surface area (Å²) in [6, 6.07) is 6.22. The SMILES string of the molecule is CC(NCc1cccc2c1NCC2)C(=O)N1CCOCC1. The van der Waals surface area contributed by atoms with E-state index >= 15 is 0 Å². The molecule has 0 radical (unpaired) electrons. The zero-order valence-corrected chi connectivity index (χ0v) is 12.5. The van der Waals surface area contributed by atoms with Gasteiger partial charge in [0.2, 0.25) is 5.91 Å². The minimum atomic E-state index is -0.166. The zero-order valence-electron chi connectivity index (χ0n) is 12.5. The smallest absolute Gasteiger partial charge is 0.239 e. The highest BCUT2D eigenvalue weighted by molar-refractivity contribution is 5.81. The number of para-hydroxylation sites is 1. The van der Waals surface area contributed by atoms with E-state index < -0.39 is 0 Å². The van der Waals surface area contributed by atoms with Crippen LogP contribution in [0.1, 0.15) is 18.1 Å². The molecule has 1 atom stereocenters. The van der Waals surface area contributed by atoms with Gasteiger partial charge in [0.05, 0.1) is 19.3 Å². The van der Waals surface area contributed by atoms with Gasteiger partial charge < -0.3 is 20.3 Å². The molecule has 0 spiro atoms. The highest BCUT2D eigenvalue weighted by Crippen LogP contribution is 2.26. The van der Waals surface area contributed by atoms with Crippen LogP contribution < -0.4 is 10.6 Å². The Morgan fingerprint density at radius 3 is 3.05 bits per heavy atom. The van der Waals surface area contributed by atoms with Gasteiger partial charge >= 0.3 is 0 Å². The molecule has 0 aliphatic carbocycles. The summed E-state index contributed by atoms with van der Waals surface area (Å²) in [6.07, 6.45) is 1.09.